The number of likely N-dealkylation sites (N-methyl/N-ethyl adjacent to an activating group) is 1. The Bertz CT molecular complexity index is 387. The van der Waals surface area contributed by atoms with Gasteiger partial charge in [-0.15, -0.1) is 6.58 Å². The second-order valence-corrected chi connectivity index (χ2v) is 4.42. The molecule has 1 aromatic rings. The van der Waals surface area contributed by atoms with E-state index in [0.717, 1.165) is 38.3 Å². The summed E-state index contributed by atoms with van der Waals surface area (Å²) in [6.45, 7) is 12.1. The Labute approximate surface area is 165 Å². The van der Waals surface area contributed by atoms with Crippen molar-refractivity contribution in [2.75, 3.05) is 32.7 Å². The first-order valence-corrected chi connectivity index (χ1v) is 6.77. The van der Waals surface area contributed by atoms with Crippen LogP contribution in [-0.2, 0) is 0 Å². The van der Waals surface area contributed by atoms with Crippen LogP contribution in [-0.4, -0.2) is 48.4 Å². The first kappa shape index (κ1) is 20.0. The van der Waals surface area contributed by atoms with Crippen molar-refractivity contribution < 1.29 is 56.2 Å². The fraction of sp³-hybridized carbons (Fsp3) is 0.438. The molecule has 0 aromatic heterocycles. The fourth-order valence-corrected chi connectivity index (χ4v) is 1.98. The smallest absolute Gasteiger partial charge is 0.338 e. The standard InChI is InChI=1S/C13H17N2O.C3H6.K/c1-2-14-8-10-15(11-9-14)13(16)12-6-4-3-5-7-12;1-3-2;/h4-7H,2,8-11H2,1H3;3H,1H2,2H3;/q-1;;+1. The van der Waals surface area contributed by atoms with Crippen molar-refractivity contribution in [3.8, 4) is 0 Å². The molecule has 1 aromatic carbocycles. The molecule has 4 heteroatoms. The summed E-state index contributed by atoms with van der Waals surface area (Å²) in [6.07, 6.45) is 1.75. The molecule has 1 fully saturated rings. The van der Waals surface area contributed by atoms with Gasteiger partial charge in [0.15, 0.2) is 0 Å². The van der Waals surface area contributed by atoms with E-state index in [1.54, 1.807) is 18.2 Å². The van der Waals surface area contributed by atoms with Gasteiger partial charge in [-0.05, 0) is 13.5 Å². The molecule has 0 N–H and O–H groups in total. The number of carbonyl (C=O) groups excluding carboxylic acids is 1. The third-order valence-corrected chi connectivity index (χ3v) is 3.07. The molecule has 20 heavy (non-hydrogen) atoms. The van der Waals surface area contributed by atoms with Gasteiger partial charge in [-0.1, -0.05) is 18.6 Å². The van der Waals surface area contributed by atoms with Gasteiger partial charge in [0.1, 0.15) is 0 Å². The van der Waals surface area contributed by atoms with Gasteiger partial charge >= 0.3 is 51.4 Å². The van der Waals surface area contributed by atoms with Crippen LogP contribution in [0.5, 0.6) is 0 Å². The molecule has 0 spiro atoms. The number of hydrogen-bond donors (Lipinski definition) is 0. The van der Waals surface area contributed by atoms with Gasteiger partial charge in [-0.2, -0.15) is 30.3 Å². The topological polar surface area (TPSA) is 23.6 Å². The van der Waals surface area contributed by atoms with E-state index in [4.69, 9.17) is 0 Å². The maximum absolute atomic E-state index is 12.1. The van der Waals surface area contributed by atoms with Crippen LogP contribution in [0.4, 0.5) is 0 Å². The fourth-order valence-electron chi connectivity index (χ4n) is 1.98. The van der Waals surface area contributed by atoms with Gasteiger partial charge in [0.25, 0.3) is 0 Å². The molecule has 1 saturated heterocycles. The van der Waals surface area contributed by atoms with Gasteiger partial charge in [-0.3, -0.25) is 4.79 Å². The summed E-state index contributed by atoms with van der Waals surface area (Å²) >= 11 is 0. The summed E-state index contributed by atoms with van der Waals surface area (Å²) in [7, 11) is 0. The molecule has 3 nitrogen and oxygen atoms in total. The van der Waals surface area contributed by atoms with E-state index in [-0.39, 0.29) is 57.3 Å². The number of hydrogen-bond acceptors (Lipinski definition) is 2. The minimum absolute atomic E-state index is 0. The number of allylic oxidation sites excluding steroid dienone is 1. The monoisotopic (exact) mass is 298 g/mol. The van der Waals surface area contributed by atoms with Crippen LogP contribution in [0.1, 0.15) is 24.2 Å². The maximum Gasteiger partial charge on any atom is 1.00 e. The Balaban J connectivity index is 0.000000830. The molecule has 0 aliphatic carbocycles. The summed E-state index contributed by atoms with van der Waals surface area (Å²) in [5.41, 5.74) is 0.767. The minimum Gasteiger partial charge on any atom is -0.338 e. The Morgan fingerprint density at radius 1 is 1.30 bits per heavy atom. The first-order valence-electron chi connectivity index (χ1n) is 6.77. The molecule has 0 radical (unpaired) electrons. The van der Waals surface area contributed by atoms with E-state index in [1.807, 2.05) is 24.0 Å². The number of carbonyl (C=O) groups is 1. The van der Waals surface area contributed by atoms with E-state index in [1.165, 1.54) is 0 Å². The quantitative estimate of drug-likeness (QED) is 0.416. The van der Waals surface area contributed by atoms with E-state index < -0.39 is 0 Å². The molecular weight excluding hydrogens is 275 g/mol. The normalized spacial score (nSPS) is 14.6. The SMILES string of the molecule is C=CC.CCN1CCN(C(=O)c2cc[c-]cc2)CC1.[K+]. The van der Waals surface area contributed by atoms with Crippen molar-refractivity contribution in [1.29, 1.82) is 0 Å². The summed E-state index contributed by atoms with van der Waals surface area (Å²) < 4.78 is 0. The van der Waals surface area contributed by atoms with Gasteiger partial charge in [0, 0.05) is 26.2 Å². The molecule has 1 aliphatic rings. The molecule has 1 aliphatic heterocycles. The number of benzene rings is 1. The average molecular weight is 298 g/mol. The Hall–Kier alpha value is 0.0264. The summed E-state index contributed by atoms with van der Waals surface area (Å²) in [5.74, 6) is 0.143. The van der Waals surface area contributed by atoms with Gasteiger partial charge in [-0.25, -0.2) is 0 Å². The largest absolute Gasteiger partial charge is 1.00 e. The second-order valence-electron chi connectivity index (χ2n) is 4.42. The van der Waals surface area contributed by atoms with Crippen LogP contribution in [0, 0.1) is 6.07 Å². The van der Waals surface area contributed by atoms with Crippen LogP contribution in [0.3, 0.4) is 0 Å². The Kier molecular flexibility index (Phi) is 11.7. The van der Waals surface area contributed by atoms with Crippen LogP contribution in [0.25, 0.3) is 0 Å². The van der Waals surface area contributed by atoms with E-state index in [0.29, 0.717) is 0 Å². The number of piperazine rings is 1. The zero-order valence-electron chi connectivity index (χ0n) is 12.9. The zero-order valence-corrected chi connectivity index (χ0v) is 16.1. The van der Waals surface area contributed by atoms with Gasteiger partial charge in [0.05, 0.1) is 0 Å². The second kappa shape index (κ2) is 11.7. The summed E-state index contributed by atoms with van der Waals surface area (Å²) in [5, 5.41) is 0. The molecule has 1 amide bonds. The number of rotatable bonds is 2. The van der Waals surface area contributed by atoms with Crippen molar-refractivity contribution in [2.24, 2.45) is 0 Å². The number of amides is 1. The van der Waals surface area contributed by atoms with Gasteiger partial charge in [0.2, 0.25) is 5.91 Å². The predicted octanol–water partition coefficient (Wildman–Crippen LogP) is -0.539. The van der Waals surface area contributed by atoms with Crippen LogP contribution >= 0.6 is 0 Å². The van der Waals surface area contributed by atoms with Crippen molar-refractivity contribution in [1.82, 2.24) is 9.80 Å². The van der Waals surface area contributed by atoms with E-state index >= 15 is 0 Å². The van der Waals surface area contributed by atoms with Crippen molar-refractivity contribution in [3.63, 3.8) is 0 Å². The van der Waals surface area contributed by atoms with Crippen LogP contribution in [0.15, 0.2) is 36.9 Å². The Morgan fingerprint density at radius 2 is 1.80 bits per heavy atom. The maximum atomic E-state index is 12.1. The molecule has 104 valence electrons. The molecule has 2 rings (SSSR count). The summed E-state index contributed by atoms with van der Waals surface area (Å²) in [6, 6.07) is 10.2. The molecule has 0 bridgehead atoms. The molecule has 0 saturated carbocycles. The average Bonchev–Trinajstić information content (AvgIpc) is 2.48. The zero-order chi connectivity index (χ0) is 14.1. The predicted molar refractivity (Wildman–Crippen MR) is 79.2 cm³/mol. The molecule has 1 heterocycles. The molecule has 0 unspecified atom stereocenters. The first-order chi connectivity index (χ1) is 9.22. The molecule has 0 atom stereocenters. The third-order valence-electron chi connectivity index (χ3n) is 3.07. The van der Waals surface area contributed by atoms with E-state index in [2.05, 4.69) is 24.5 Å². The third kappa shape index (κ3) is 6.65. The minimum atomic E-state index is 0. The van der Waals surface area contributed by atoms with Crippen LogP contribution in [0.2, 0.25) is 0 Å². The van der Waals surface area contributed by atoms with Crippen molar-refractivity contribution >= 4 is 5.91 Å². The number of nitrogens with zero attached hydrogens (tertiary/aromatic N) is 2. The van der Waals surface area contributed by atoms with E-state index in [9.17, 15) is 4.79 Å². The van der Waals surface area contributed by atoms with Crippen molar-refractivity contribution in [2.45, 2.75) is 13.8 Å². The summed E-state index contributed by atoms with van der Waals surface area (Å²) in [4.78, 5) is 16.4. The molecular formula is C16H23KN2O. The Morgan fingerprint density at radius 3 is 2.25 bits per heavy atom. The van der Waals surface area contributed by atoms with Crippen molar-refractivity contribution in [3.05, 3.63) is 48.6 Å². The van der Waals surface area contributed by atoms with Crippen LogP contribution < -0.4 is 51.4 Å². The van der Waals surface area contributed by atoms with Gasteiger partial charge < -0.3 is 9.80 Å².